The molecule has 3 N–H and O–H groups in total. The van der Waals surface area contributed by atoms with Gasteiger partial charge in [0.1, 0.15) is 4.21 Å². The van der Waals surface area contributed by atoms with Gasteiger partial charge in [0.2, 0.25) is 0 Å². The average Bonchev–Trinajstić information content (AvgIpc) is 3.30. The SMILES string of the molecule is Cc1cc(C(=O)NCc2nn[nH]n2)sc1S(=O)(=O)Nc1cc(C(F)(F)F)ccc1Cl. The maximum absolute atomic E-state index is 12.9. The number of alkyl halides is 3. The van der Waals surface area contributed by atoms with E-state index in [-0.39, 0.29) is 32.0 Å². The first kappa shape index (κ1) is 22.0. The van der Waals surface area contributed by atoms with Crippen molar-refractivity contribution in [2.45, 2.75) is 23.9 Å². The number of H-pyrrole nitrogens is 1. The van der Waals surface area contributed by atoms with Crippen molar-refractivity contribution >= 4 is 44.6 Å². The molecule has 3 rings (SSSR count). The van der Waals surface area contributed by atoms with Gasteiger partial charge >= 0.3 is 6.18 Å². The lowest BCUT2D eigenvalue weighted by molar-refractivity contribution is -0.137. The number of anilines is 1. The highest BCUT2D eigenvalue weighted by atomic mass is 35.5. The van der Waals surface area contributed by atoms with Crippen molar-refractivity contribution in [1.29, 1.82) is 0 Å². The van der Waals surface area contributed by atoms with Crippen LogP contribution >= 0.6 is 22.9 Å². The molecule has 1 amide bonds. The Morgan fingerprint density at radius 1 is 1.30 bits per heavy atom. The second-order valence-electron chi connectivity index (χ2n) is 5.89. The van der Waals surface area contributed by atoms with Gasteiger partial charge in [0, 0.05) is 0 Å². The molecule has 0 aliphatic heterocycles. The molecule has 0 aliphatic carbocycles. The third kappa shape index (κ3) is 4.88. The number of hydrogen-bond acceptors (Lipinski definition) is 7. The number of hydrogen-bond donors (Lipinski definition) is 3. The zero-order chi connectivity index (χ0) is 22.1. The minimum Gasteiger partial charge on any atom is -0.344 e. The van der Waals surface area contributed by atoms with Gasteiger partial charge in [-0.3, -0.25) is 9.52 Å². The van der Waals surface area contributed by atoms with Crippen LogP contribution in [0.3, 0.4) is 0 Å². The maximum atomic E-state index is 12.9. The summed E-state index contributed by atoms with van der Waals surface area (Å²) in [5.74, 6) is -0.350. The van der Waals surface area contributed by atoms with E-state index in [2.05, 4.69) is 25.9 Å². The van der Waals surface area contributed by atoms with Crippen molar-refractivity contribution in [3.05, 3.63) is 51.1 Å². The van der Waals surface area contributed by atoms with Crippen LogP contribution in [0, 0.1) is 6.92 Å². The topological polar surface area (TPSA) is 130 Å². The molecule has 0 saturated carbocycles. The van der Waals surface area contributed by atoms with Gasteiger partial charge in [-0.1, -0.05) is 16.8 Å². The summed E-state index contributed by atoms with van der Waals surface area (Å²) in [6.45, 7) is 1.42. The van der Waals surface area contributed by atoms with Gasteiger partial charge in [0.15, 0.2) is 5.82 Å². The molecule has 0 aliphatic rings. The smallest absolute Gasteiger partial charge is 0.344 e. The van der Waals surface area contributed by atoms with Gasteiger partial charge in [-0.15, -0.1) is 21.5 Å². The number of aromatic amines is 1. The van der Waals surface area contributed by atoms with E-state index in [1.165, 1.54) is 13.0 Å². The van der Waals surface area contributed by atoms with Gasteiger partial charge in [0.25, 0.3) is 15.9 Å². The third-order valence-corrected chi connectivity index (χ3v) is 7.24. The molecular formula is C15H12ClF3N6O3S2. The second-order valence-corrected chi connectivity index (χ2v) is 9.23. The van der Waals surface area contributed by atoms with E-state index in [4.69, 9.17) is 11.6 Å². The molecule has 30 heavy (non-hydrogen) atoms. The number of amides is 1. The number of carbonyl (C=O) groups excluding carboxylic acids is 1. The Hall–Kier alpha value is -2.71. The Labute approximate surface area is 176 Å². The predicted molar refractivity (Wildman–Crippen MR) is 102 cm³/mol. The monoisotopic (exact) mass is 480 g/mol. The second kappa shape index (κ2) is 8.20. The summed E-state index contributed by atoms with van der Waals surface area (Å²) in [5.41, 5.74) is -1.25. The van der Waals surface area contributed by atoms with Crippen molar-refractivity contribution in [1.82, 2.24) is 25.9 Å². The number of aryl methyl sites for hydroxylation is 1. The molecule has 15 heteroatoms. The Kier molecular flexibility index (Phi) is 6.01. The van der Waals surface area contributed by atoms with Crippen molar-refractivity contribution in [3.63, 3.8) is 0 Å². The number of benzene rings is 1. The number of halogens is 4. The molecule has 3 aromatic rings. The fourth-order valence-electron chi connectivity index (χ4n) is 2.32. The first-order chi connectivity index (χ1) is 14.0. The summed E-state index contributed by atoms with van der Waals surface area (Å²) < 4.78 is 66.0. The molecule has 9 nitrogen and oxygen atoms in total. The number of carbonyl (C=O) groups is 1. The summed E-state index contributed by atoms with van der Waals surface area (Å²) in [7, 11) is -4.30. The summed E-state index contributed by atoms with van der Waals surface area (Å²) in [4.78, 5) is 12.3. The normalized spacial score (nSPS) is 12.0. The zero-order valence-electron chi connectivity index (χ0n) is 14.9. The minimum atomic E-state index is -4.67. The van der Waals surface area contributed by atoms with Crippen LogP contribution in [0.15, 0.2) is 28.5 Å². The fraction of sp³-hybridized carbons (Fsp3) is 0.200. The van der Waals surface area contributed by atoms with E-state index in [0.29, 0.717) is 17.4 Å². The molecule has 0 spiro atoms. The molecule has 0 radical (unpaired) electrons. The highest BCUT2D eigenvalue weighted by Crippen LogP contribution is 2.35. The molecule has 0 saturated heterocycles. The van der Waals surface area contributed by atoms with Crippen LogP contribution in [-0.2, 0) is 22.7 Å². The number of tetrazole rings is 1. The van der Waals surface area contributed by atoms with Crippen LogP contribution in [0.4, 0.5) is 18.9 Å². The highest BCUT2D eigenvalue weighted by Gasteiger charge is 2.32. The minimum absolute atomic E-state index is 0.0353. The van der Waals surface area contributed by atoms with E-state index in [9.17, 15) is 26.4 Å². The first-order valence-electron chi connectivity index (χ1n) is 7.98. The maximum Gasteiger partial charge on any atom is 0.416 e. The first-order valence-corrected chi connectivity index (χ1v) is 10.7. The lowest BCUT2D eigenvalue weighted by atomic mass is 10.2. The quantitative estimate of drug-likeness (QED) is 0.497. The Morgan fingerprint density at radius 2 is 2.03 bits per heavy atom. The Bertz CT molecular complexity index is 1180. The standard InChI is InChI=1S/C15H12ClF3N6O3S2/c1-7-4-11(13(26)20-6-12-21-24-25-22-12)29-14(7)30(27,28)23-10-5-8(15(17,18)19)2-3-9(10)16/h2-5,23H,6H2,1H3,(H,20,26)(H,21,22,24,25). The van der Waals surface area contributed by atoms with E-state index in [1.54, 1.807) is 0 Å². The zero-order valence-corrected chi connectivity index (χ0v) is 17.3. The summed E-state index contributed by atoms with van der Waals surface area (Å²) in [6.07, 6.45) is -4.67. The largest absolute Gasteiger partial charge is 0.416 e. The lowest BCUT2D eigenvalue weighted by Gasteiger charge is -2.12. The van der Waals surface area contributed by atoms with Gasteiger partial charge in [-0.2, -0.15) is 18.4 Å². The molecule has 2 aromatic heterocycles. The lowest BCUT2D eigenvalue weighted by Crippen LogP contribution is -2.22. The highest BCUT2D eigenvalue weighted by molar-refractivity contribution is 7.94. The molecule has 0 fully saturated rings. The van der Waals surface area contributed by atoms with Crippen molar-refractivity contribution in [2.75, 3.05) is 4.72 Å². The van der Waals surface area contributed by atoms with Crippen LogP contribution in [0.2, 0.25) is 5.02 Å². The number of aromatic nitrogens is 4. The van der Waals surface area contributed by atoms with Gasteiger partial charge < -0.3 is 5.32 Å². The molecule has 160 valence electrons. The summed E-state index contributed by atoms with van der Waals surface area (Å²) in [6, 6.07) is 3.63. The molecular weight excluding hydrogens is 469 g/mol. The number of rotatable bonds is 6. The van der Waals surface area contributed by atoms with Crippen molar-refractivity contribution in [2.24, 2.45) is 0 Å². The number of nitrogens with one attached hydrogen (secondary N) is 3. The Morgan fingerprint density at radius 3 is 2.67 bits per heavy atom. The number of thiophene rings is 1. The van der Waals surface area contributed by atoms with Crippen LogP contribution in [0.25, 0.3) is 0 Å². The molecule has 0 bridgehead atoms. The van der Waals surface area contributed by atoms with E-state index in [1.807, 2.05) is 4.72 Å². The molecule has 1 aromatic carbocycles. The van der Waals surface area contributed by atoms with Crippen LogP contribution in [0.5, 0.6) is 0 Å². The summed E-state index contributed by atoms with van der Waals surface area (Å²) >= 11 is 6.51. The van der Waals surface area contributed by atoms with Crippen LogP contribution < -0.4 is 10.0 Å². The number of sulfonamides is 1. The van der Waals surface area contributed by atoms with E-state index < -0.39 is 33.4 Å². The van der Waals surface area contributed by atoms with Crippen molar-refractivity contribution in [3.8, 4) is 0 Å². The Balaban J connectivity index is 1.82. The van der Waals surface area contributed by atoms with Gasteiger partial charge in [-0.05, 0) is 36.8 Å². The summed E-state index contributed by atoms with van der Waals surface area (Å²) in [5, 5.41) is 15.2. The average molecular weight is 481 g/mol. The third-order valence-electron chi connectivity index (χ3n) is 3.67. The van der Waals surface area contributed by atoms with Gasteiger partial charge in [-0.25, -0.2) is 8.42 Å². The van der Waals surface area contributed by atoms with E-state index in [0.717, 1.165) is 12.1 Å². The predicted octanol–water partition coefficient (Wildman–Crippen LogP) is 2.97. The number of nitrogens with zero attached hydrogens (tertiary/aromatic N) is 3. The van der Waals surface area contributed by atoms with Crippen LogP contribution in [-0.4, -0.2) is 34.9 Å². The van der Waals surface area contributed by atoms with Crippen LogP contribution in [0.1, 0.15) is 26.6 Å². The molecule has 0 unspecified atom stereocenters. The molecule has 0 atom stereocenters. The van der Waals surface area contributed by atoms with Gasteiger partial charge in [0.05, 0.1) is 27.7 Å². The van der Waals surface area contributed by atoms with E-state index >= 15 is 0 Å². The van der Waals surface area contributed by atoms with Crippen molar-refractivity contribution < 1.29 is 26.4 Å². The molecule has 2 heterocycles. The fourth-order valence-corrected chi connectivity index (χ4v) is 5.23.